The highest BCUT2D eigenvalue weighted by Crippen LogP contribution is 2.31. The average molecular weight is 407 g/mol. The first kappa shape index (κ1) is 20.7. The molecule has 1 N–H and O–H groups in total. The smallest absolute Gasteiger partial charge is 0.305 e. The quantitative estimate of drug-likeness (QED) is 0.445. The second-order valence-electron chi connectivity index (χ2n) is 6.89. The number of aromatic nitrogens is 1. The van der Waals surface area contributed by atoms with E-state index in [2.05, 4.69) is 64.0 Å². The van der Waals surface area contributed by atoms with Gasteiger partial charge in [0.1, 0.15) is 0 Å². The SMILES string of the molecule is O=C(C[n+]1ccccc1)NN=C1CN(C(c2ccccc2)c2ccccc2)C1.[Cl-]. The Morgan fingerprint density at radius 1 is 0.897 bits per heavy atom. The zero-order valence-corrected chi connectivity index (χ0v) is 16.7. The molecule has 1 fully saturated rings. The van der Waals surface area contributed by atoms with Gasteiger partial charge >= 0.3 is 5.91 Å². The molecular formula is C23H23ClN4O. The molecule has 1 aliphatic rings. The minimum Gasteiger partial charge on any atom is -1.00 e. The predicted molar refractivity (Wildman–Crippen MR) is 109 cm³/mol. The maximum Gasteiger partial charge on any atom is 0.305 e. The van der Waals surface area contributed by atoms with Crippen molar-refractivity contribution in [1.82, 2.24) is 10.3 Å². The number of nitrogens with one attached hydrogen (secondary N) is 1. The van der Waals surface area contributed by atoms with Crippen LogP contribution in [0.2, 0.25) is 0 Å². The summed E-state index contributed by atoms with van der Waals surface area (Å²) >= 11 is 0. The summed E-state index contributed by atoms with van der Waals surface area (Å²) in [4.78, 5) is 14.4. The van der Waals surface area contributed by atoms with Crippen LogP contribution in [0.5, 0.6) is 0 Å². The van der Waals surface area contributed by atoms with Gasteiger partial charge in [-0.2, -0.15) is 9.67 Å². The van der Waals surface area contributed by atoms with E-state index in [4.69, 9.17) is 0 Å². The Kier molecular flexibility index (Phi) is 7.11. The summed E-state index contributed by atoms with van der Waals surface area (Å²) in [6, 6.07) is 26.9. The summed E-state index contributed by atoms with van der Waals surface area (Å²) in [5.41, 5.74) is 6.19. The molecule has 1 saturated heterocycles. The van der Waals surface area contributed by atoms with Crippen molar-refractivity contribution in [2.45, 2.75) is 12.6 Å². The summed E-state index contributed by atoms with van der Waals surface area (Å²) in [5, 5.41) is 4.31. The van der Waals surface area contributed by atoms with Gasteiger partial charge in [-0.1, -0.05) is 66.7 Å². The van der Waals surface area contributed by atoms with E-state index in [0.717, 1.165) is 18.8 Å². The number of nitrogens with zero attached hydrogens (tertiary/aromatic N) is 3. The van der Waals surface area contributed by atoms with Gasteiger partial charge in [0.15, 0.2) is 12.4 Å². The first-order chi connectivity index (χ1) is 13.8. The molecule has 5 nitrogen and oxygen atoms in total. The number of hydrogen-bond acceptors (Lipinski definition) is 3. The molecule has 6 heteroatoms. The van der Waals surface area contributed by atoms with Crippen LogP contribution in [0.4, 0.5) is 0 Å². The average Bonchev–Trinajstić information content (AvgIpc) is 2.71. The third-order valence-corrected chi connectivity index (χ3v) is 4.81. The van der Waals surface area contributed by atoms with Crippen molar-refractivity contribution < 1.29 is 21.8 Å². The Morgan fingerprint density at radius 3 is 1.97 bits per heavy atom. The van der Waals surface area contributed by atoms with Crippen molar-refractivity contribution in [2.24, 2.45) is 5.10 Å². The number of carbonyl (C=O) groups is 1. The largest absolute Gasteiger partial charge is 1.00 e. The van der Waals surface area contributed by atoms with Gasteiger partial charge in [0.05, 0.1) is 11.8 Å². The normalized spacial score (nSPS) is 13.3. The summed E-state index contributed by atoms with van der Waals surface area (Å²) in [5.74, 6) is -0.121. The van der Waals surface area contributed by atoms with Crippen molar-refractivity contribution in [3.05, 3.63) is 102 Å². The van der Waals surface area contributed by atoms with Crippen molar-refractivity contribution in [2.75, 3.05) is 13.1 Å². The molecule has 0 unspecified atom stereocenters. The fourth-order valence-corrected chi connectivity index (χ4v) is 3.44. The fourth-order valence-electron chi connectivity index (χ4n) is 3.44. The number of carbonyl (C=O) groups excluding carboxylic acids is 1. The molecular weight excluding hydrogens is 384 g/mol. The number of hydrogen-bond donors (Lipinski definition) is 1. The highest BCUT2D eigenvalue weighted by atomic mass is 35.5. The molecule has 1 aromatic heterocycles. The molecule has 2 aromatic carbocycles. The molecule has 3 aromatic rings. The standard InChI is InChI=1S/C23H22N4O.ClH/c28-22(18-26-14-8-3-9-15-26)25-24-21-16-27(17-21)23(19-10-4-1-5-11-19)20-12-6-2-7-13-20;/h1-15,23H,16-18H2;1H. The van der Waals surface area contributed by atoms with Gasteiger partial charge < -0.3 is 12.4 Å². The minimum atomic E-state index is -0.121. The summed E-state index contributed by atoms with van der Waals surface area (Å²) < 4.78 is 1.82. The Labute approximate surface area is 177 Å². The van der Waals surface area contributed by atoms with Gasteiger partial charge in [-0.3, -0.25) is 9.69 Å². The maximum absolute atomic E-state index is 12.1. The number of halogens is 1. The van der Waals surface area contributed by atoms with Gasteiger partial charge in [0.25, 0.3) is 0 Å². The first-order valence-electron chi connectivity index (χ1n) is 9.42. The van der Waals surface area contributed by atoms with Crippen molar-refractivity contribution >= 4 is 11.6 Å². The van der Waals surface area contributed by atoms with Crippen LogP contribution in [-0.4, -0.2) is 29.6 Å². The third-order valence-electron chi connectivity index (χ3n) is 4.81. The van der Waals surface area contributed by atoms with E-state index < -0.39 is 0 Å². The fraction of sp³-hybridized carbons (Fsp3) is 0.174. The second-order valence-corrected chi connectivity index (χ2v) is 6.89. The lowest BCUT2D eigenvalue weighted by atomic mass is 9.94. The van der Waals surface area contributed by atoms with Gasteiger partial charge in [-0.25, -0.2) is 5.43 Å². The van der Waals surface area contributed by atoms with Crippen LogP contribution in [-0.2, 0) is 11.3 Å². The molecule has 1 aliphatic heterocycles. The summed E-state index contributed by atoms with van der Waals surface area (Å²) in [7, 11) is 0. The number of benzene rings is 2. The lowest BCUT2D eigenvalue weighted by Crippen LogP contribution is -3.00. The number of amides is 1. The Morgan fingerprint density at radius 2 is 1.41 bits per heavy atom. The molecule has 0 spiro atoms. The van der Waals surface area contributed by atoms with E-state index in [1.807, 2.05) is 47.3 Å². The number of hydrazone groups is 1. The molecule has 1 amide bonds. The van der Waals surface area contributed by atoms with Crippen LogP contribution in [0.3, 0.4) is 0 Å². The van der Waals surface area contributed by atoms with Gasteiger partial charge in [0.2, 0.25) is 6.54 Å². The van der Waals surface area contributed by atoms with E-state index >= 15 is 0 Å². The highest BCUT2D eigenvalue weighted by molar-refractivity contribution is 5.94. The van der Waals surface area contributed by atoms with Gasteiger partial charge in [-0.05, 0) is 11.1 Å². The van der Waals surface area contributed by atoms with Crippen LogP contribution in [0, 0.1) is 0 Å². The summed E-state index contributed by atoms with van der Waals surface area (Å²) in [6.07, 6.45) is 3.73. The molecule has 0 saturated carbocycles. The zero-order chi connectivity index (χ0) is 19.2. The second kappa shape index (κ2) is 9.96. The highest BCUT2D eigenvalue weighted by Gasteiger charge is 2.31. The van der Waals surface area contributed by atoms with E-state index in [1.165, 1.54) is 11.1 Å². The van der Waals surface area contributed by atoms with Crippen molar-refractivity contribution in [3.8, 4) is 0 Å². The monoisotopic (exact) mass is 406 g/mol. The minimum absolute atomic E-state index is 0. The number of pyridine rings is 1. The third kappa shape index (κ3) is 5.28. The molecule has 2 heterocycles. The van der Waals surface area contributed by atoms with Crippen LogP contribution < -0.4 is 22.4 Å². The van der Waals surface area contributed by atoms with Crippen molar-refractivity contribution in [3.63, 3.8) is 0 Å². The predicted octanol–water partition coefficient (Wildman–Crippen LogP) is -0.444. The Balaban J connectivity index is 0.00000240. The molecule has 0 aliphatic carbocycles. The first-order valence-corrected chi connectivity index (χ1v) is 9.42. The van der Waals surface area contributed by atoms with E-state index in [-0.39, 0.29) is 30.9 Å². The Bertz CT molecular complexity index is 901. The van der Waals surface area contributed by atoms with Crippen LogP contribution >= 0.6 is 0 Å². The Hall–Kier alpha value is -3.02. The van der Waals surface area contributed by atoms with Gasteiger partial charge in [-0.15, -0.1) is 0 Å². The van der Waals surface area contributed by atoms with Crippen LogP contribution in [0.1, 0.15) is 17.2 Å². The van der Waals surface area contributed by atoms with E-state index in [9.17, 15) is 4.79 Å². The molecule has 0 radical (unpaired) electrons. The van der Waals surface area contributed by atoms with Gasteiger partial charge in [0, 0.05) is 25.2 Å². The van der Waals surface area contributed by atoms with Crippen LogP contribution in [0.15, 0.2) is 96.4 Å². The summed E-state index contributed by atoms with van der Waals surface area (Å²) in [6.45, 7) is 1.75. The topological polar surface area (TPSA) is 48.6 Å². The lowest BCUT2D eigenvalue weighted by molar-refractivity contribution is -0.684. The number of rotatable bonds is 6. The molecule has 0 atom stereocenters. The van der Waals surface area contributed by atoms with Crippen LogP contribution in [0.25, 0.3) is 0 Å². The van der Waals surface area contributed by atoms with E-state index in [0.29, 0.717) is 0 Å². The molecule has 148 valence electrons. The zero-order valence-electron chi connectivity index (χ0n) is 16.0. The lowest BCUT2D eigenvalue weighted by Gasteiger charge is -2.39. The number of likely N-dealkylation sites (tertiary alicyclic amines) is 1. The van der Waals surface area contributed by atoms with Crippen molar-refractivity contribution in [1.29, 1.82) is 0 Å². The molecule has 0 bridgehead atoms. The molecule has 29 heavy (non-hydrogen) atoms. The van der Waals surface area contributed by atoms with E-state index in [1.54, 1.807) is 0 Å². The maximum atomic E-state index is 12.1. The molecule has 4 rings (SSSR count).